The van der Waals surface area contributed by atoms with Crippen LogP contribution in [0.2, 0.25) is 0 Å². The maximum Gasteiger partial charge on any atom is 0.225 e. The van der Waals surface area contributed by atoms with Crippen molar-refractivity contribution in [2.75, 3.05) is 18.0 Å². The molecule has 0 atom stereocenters. The number of anilines is 1. The Bertz CT molecular complexity index is 440. The first-order valence-corrected chi connectivity index (χ1v) is 6.38. The Morgan fingerprint density at radius 2 is 2.16 bits per heavy atom. The average molecular weight is 267 g/mol. The molecule has 0 bridgehead atoms. The highest BCUT2D eigenvalue weighted by Gasteiger charge is 2.16. The van der Waals surface area contributed by atoms with Crippen molar-refractivity contribution < 1.29 is 14.1 Å². The lowest BCUT2D eigenvalue weighted by molar-refractivity contribution is -0.121. The normalized spacial score (nSPS) is 10.6. The number of hydrogen-bond acceptors (Lipinski definition) is 4. The second-order valence-corrected chi connectivity index (χ2v) is 4.91. The average Bonchev–Trinajstić information content (AvgIpc) is 2.73. The lowest BCUT2D eigenvalue weighted by Gasteiger charge is -2.17. The zero-order valence-corrected chi connectivity index (χ0v) is 11.9. The van der Waals surface area contributed by atoms with E-state index < -0.39 is 0 Å². The summed E-state index contributed by atoms with van der Waals surface area (Å²) in [6, 6.07) is 1.67. The van der Waals surface area contributed by atoms with Crippen LogP contribution in [0.5, 0.6) is 0 Å². The third-order valence-electron chi connectivity index (χ3n) is 2.54. The topological polar surface area (TPSA) is 75.4 Å². The van der Waals surface area contributed by atoms with E-state index in [1.807, 2.05) is 13.8 Å². The molecule has 1 aromatic rings. The van der Waals surface area contributed by atoms with Crippen LogP contribution >= 0.6 is 0 Å². The van der Waals surface area contributed by atoms with Gasteiger partial charge < -0.3 is 9.84 Å². The molecule has 2 amide bonds. The van der Waals surface area contributed by atoms with Gasteiger partial charge in [-0.25, -0.2) is 0 Å². The van der Waals surface area contributed by atoms with Gasteiger partial charge in [-0.2, -0.15) is 0 Å². The van der Waals surface area contributed by atoms with E-state index in [1.54, 1.807) is 13.0 Å². The van der Waals surface area contributed by atoms with Gasteiger partial charge in [0.25, 0.3) is 0 Å². The molecule has 1 aromatic heterocycles. The molecule has 0 aromatic carbocycles. The van der Waals surface area contributed by atoms with Crippen LogP contribution < -0.4 is 10.2 Å². The summed E-state index contributed by atoms with van der Waals surface area (Å²) in [5, 5.41) is 6.60. The molecule has 106 valence electrons. The molecule has 1 rings (SSSR count). The van der Waals surface area contributed by atoms with Gasteiger partial charge in [0.05, 0.1) is 0 Å². The lowest BCUT2D eigenvalue weighted by Crippen LogP contribution is -2.35. The molecule has 6 nitrogen and oxygen atoms in total. The lowest BCUT2D eigenvalue weighted by atomic mass is 10.2. The van der Waals surface area contributed by atoms with Crippen molar-refractivity contribution in [3.05, 3.63) is 11.8 Å². The fraction of sp³-hybridized carbons (Fsp3) is 0.615. The number of nitrogens with zero attached hydrogens (tertiary/aromatic N) is 2. The Morgan fingerprint density at radius 1 is 1.47 bits per heavy atom. The Kier molecular flexibility index (Phi) is 5.54. The Morgan fingerprint density at radius 3 is 2.63 bits per heavy atom. The number of aromatic nitrogens is 1. The number of hydrogen-bond donors (Lipinski definition) is 1. The van der Waals surface area contributed by atoms with Crippen molar-refractivity contribution in [1.29, 1.82) is 0 Å². The summed E-state index contributed by atoms with van der Waals surface area (Å²) in [7, 11) is 0. The Hall–Kier alpha value is -1.85. The molecule has 1 N–H and O–H groups in total. The summed E-state index contributed by atoms with van der Waals surface area (Å²) < 4.78 is 4.94. The molecule has 6 heteroatoms. The van der Waals surface area contributed by atoms with Crippen LogP contribution in [-0.4, -0.2) is 30.1 Å². The van der Waals surface area contributed by atoms with Gasteiger partial charge in [0.15, 0.2) is 5.82 Å². The Balaban J connectivity index is 2.51. The molecule has 0 radical (unpaired) electrons. The molecule has 0 spiro atoms. The van der Waals surface area contributed by atoms with Crippen LogP contribution in [0.3, 0.4) is 0 Å². The quantitative estimate of drug-likeness (QED) is 0.847. The molecule has 0 aliphatic heterocycles. The van der Waals surface area contributed by atoms with Crippen LogP contribution in [0, 0.1) is 12.8 Å². The van der Waals surface area contributed by atoms with E-state index in [2.05, 4.69) is 10.5 Å². The van der Waals surface area contributed by atoms with E-state index in [0.717, 1.165) is 0 Å². The molecular weight excluding hydrogens is 246 g/mol. The van der Waals surface area contributed by atoms with Crippen LogP contribution in [-0.2, 0) is 9.59 Å². The number of carbonyl (C=O) groups is 2. The minimum atomic E-state index is -0.162. The maximum absolute atomic E-state index is 11.6. The largest absolute Gasteiger partial charge is 0.360 e. The van der Waals surface area contributed by atoms with Gasteiger partial charge in [-0.1, -0.05) is 19.0 Å². The summed E-state index contributed by atoms with van der Waals surface area (Å²) in [6.07, 6.45) is 0.248. The number of aryl methyl sites for hydroxylation is 1. The minimum absolute atomic E-state index is 0.0693. The first-order chi connectivity index (χ1) is 8.90. The molecule has 0 unspecified atom stereocenters. The van der Waals surface area contributed by atoms with Crippen molar-refractivity contribution in [3.8, 4) is 0 Å². The summed E-state index contributed by atoms with van der Waals surface area (Å²) in [4.78, 5) is 24.6. The summed E-state index contributed by atoms with van der Waals surface area (Å²) in [5.41, 5.74) is 0. The van der Waals surface area contributed by atoms with Crippen molar-refractivity contribution in [3.63, 3.8) is 0 Å². The van der Waals surface area contributed by atoms with Gasteiger partial charge >= 0.3 is 0 Å². The highest BCUT2D eigenvalue weighted by atomic mass is 16.5. The smallest absolute Gasteiger partial charge is 0.225 e. The van der Waals surface area contributed by atoms with Crippen molar-refractivity contribution >= 4 is 17.6 Å². The van der Waals surface area contributed by atoms with Gasteiger partial charge in [-0.3, -0.25) is 14.5 Å². The predicted molar refractivity (Wildman–Crippen MR) is 71.7 cm³/mol. The second-order valence-electron chi connectivity index (χ2n) is 4.91. The van der Waals surface area contributed by atoms with Crippen molar-refractivity contribution in [2.24, 2.45) is 5.92 Å². The van der Waals surface area contributed by atoms with Crippen LogP contribution in [0.1, 0.15) is 33.0 Å². The maximum atomic E-state index is 11.6. The monoisotopic (exact) mass is 267 g/mol. The summed E-state index contributed by atoms with van der Waals surface area (Å²) in [5.74, 6) is 1.25. The van der Waals surface area contributed by atoms with E-state index in [-0.39, 0.29) is 18.2 Å². The predicted octanol–water partition coefficient (Wildman–Crippen LogP) is 1.50. The van der Waals surface area contributed by atoms with Gasteiger partial charge in [0.2, 0.25) is 11.8 Å². The number of amides is 2. The molecule has 1 heterocycles. The van der Waals surface area contributed by atoms with Gasteiger partial charge in [-0.15, -0.1) is 0 Å². The summed E-state index contributed by atoms with van der Waals surface area (Å²) in [6.45, 7) is 8.19. The van der Waals surface area contributed by atoms with Crippen LogP contribution in [0.4, 0.5) is 5.82 Å². The first kappa shape index (κ1) is 15.2. The third kappa shape index (κ3) is 5.11. The van der Waals surface area contributed by atoms with Gasteiger partial charge in [-0.05, 0) is 12.8 Å². The summed E-state index contributed by atoms with van der Waals surface area (Å²) >= 11 is 0. The fourth-order valence-electron chi connectivity index (χ4n) is 1.53. The third-order valence-corrected chi connectivity index (χ3v) is 2.54. The standard InChI is InChI=1S/C13H21N3O3/c1-9(2)8-14-13(18)5-6-16(11(4)17)12-7-10(3)19-15-12/h7,9H,5-6,8H2,1-4H3,(H,14,18). The van der Waals surface area contributed by atoms with Gasteiger partial charge in [0, 0.05) is 32.5 Å². The van der Waals surface area contributed by atoms with E-state index >= 15 is 0 Å². The molecule has 0 aliphatic rings. The molecule has 19 heavy (non-hydrogen) atoms. The molecule has 0 aliphatic carbocycles. The van der Waals surface area contributed by atoms with Gasteiger partial charge in [0.1, 0.15) is 5.76 Å². The van der Waals surface area contributed by atoms with Crippen molar-refractivity contribution in [1.82, 2.24) is 10.5 Å². The zero-order chi connectivity index (χ0) is 14.4. The molecule has 0 saturated heterocycles. The first-order valence-electron chi connectivity index (χ1n) is 6.38. The highest BCUT2D eigenvalue weighted by Crippen LogP contribution is 2.14. The highest BCUT2D eigenvalue weighted by molar-refractivity contribution is 5.91. The van der Waals surface area contributed by atoms with E-state index in [1.165, 1.54) is 11.8 Å². The minimum Gasteiger partial charge on any atom is -0.360 e. The fourth-order valence-corrected chi connectivity index (χ4v) is 1.53. The number of rotatable bonds is 6. The van der Waals surface area contributed by atoms with E-state index in [0.29, 0.717) is 30.6 Å². The number of carbonyl (C=O) groups excluding carboxylic acids is 2. The zero-order valence-electron chi connectivity index (χ0n) is 11.9. The Labute approximate surface area is 113 Å². The van der Waals surface area contributed by atoms with Crippen LogP contribution in [0.25, 0.3) is 0 Å². The van der Waals surface area contributed by atoms with Crippen LogP contribution in [0.15, 0.2) is 10.6 Å². The second kappa shape index (κ2) is 6.92. The SMILES string of the molecule is CC(=O)N(CCC(=O)NCC(C)C)c1cc(C)on1. The number of nitrogens with one attached hydrogen (secondary N) is 1. The van der Waals surface area contributed by atoms with E-state index in [4.69, 9.17) is 4.52 Å². The van der Waals surface area contributed by atoms with E-state index in [9.17, 15) is 9.59 Å². The molecule has 0 fully saturated rings. The molecular formula is C13H21N3O3. The van der Waals surface area contributed by atoms with Crippen molar-refractivity contribution in [2.45, 2.75) is 34.1 Å². The molecule has 0 saturated carbocycles.